The number of hydrogen-bond donors (Lipinski definition) is 0. The number of methoxy groups -OCH3 is 1. The molecule has 2 atom stereocenters. The van der Waals surface area contributed by atoms with Crippen LogP contribution >= 0.6 is 11.6 Å². The minimum absolute atomic E-state index is 0.00303. The van der Waals surface area contributed by atoms with Crippen LogP contribution in [-0.4, -0.2) is 37.1 Å². The lowest BCUT2D eigenvalue weighted by Gasteiger charge is -2.38. The third kappa shape index (κ3) is 3.40. The van der Waals surface area contributed by atoms with E-state index in [4.69, 9.17) is 21.1 Å². The highest BCUT2D eigenvalue weighted by Crippen LogP contribution is 2.28. The highest BCUT2D eigenvalue weighted by molar-refractivity contribution is 6.33. The van der Waals surface area contributed by atoms with Gasteiger partial charge in [0, 0.05) is 0 Å². The molecule has 4 nitrogen and oxygen atoms in total. The highest BCUT2D eigenvalue weighted by Gasteiger charge is 2.31. The van der Waals surface area contributed by atoms with Gasteiger partial charge in [0.05, 0.1) is 36.9 Å². The number of rotatable bonds is 3. The summed E-state index contributed by atoms with van der Waals surface area (Å²) in [7, 11) is 1.64. The number of benzene rings is 2. The van der Waals surface area contributed by atoms with E-state index in [1.54, 1.807) is 19.2 Å². The predicted octanol–water partition coefficient (Wildman–Crippen LogP) is 3.95. The summed E-state index contributed by atoms with van der Waals surface area (Å²) in [5.74, 6) is 0.738. The maximum atomic E-state index is 12.9. The average molecular weight is 346 g/mol. The Bertz CT molecular complexity index is 717. The van der Waals surface area contributed by atoms with Gasteiger partial charge in [0.15, 0.2) is 0 Å². The molecule has 0 saturated carbocycles. The molecule has 2 aromatic carbocycles. The maximum Gasteiger partial charge on any atom is 0.255 e. The summed E-state index contributed by atoms with van der Waals surface area (Å²) in [6.07, 6.45) is -0.154. The second-order valence-electron chi connectivity index (χ2n) is 5.88. The average Bonchev–Trinajstić information content (AvgIpc) is 2.62. The SMILES string of the molecule is COc1ccc(C2CN(C(=O)c3ccccc3Cl)C(C)CO2)cc1. The van der Waals surface area contributed by atoms with Gasteiger partial charge in [-0.1, -0.05) is 35.9 Å². The predicted molar refractivity (Wildman–Crippen MR) is 93.6 cm³/mol. The molecule has 2 aromatic rings. The summed E-state index contributed by atoms with van der Waals surface area (Å²) in [5.41, 5.74) is 1.56. The normalized spacial score (nSPS) is 20.7. The van der Waals surface area contributed by atoms with E-state index in [1.165, 1.54) is 0 Å². The van der Waals surface area contributed by atoms with Gasteiger partial charge >= 0.3 is 0 Å². The molecule has 0 bridgehead atoms. The first kappa shape index (κ1) is 16.8. The molecule has 24 heavy (non-hydrogen) atoms. The molecule has 0 N–H and O–H groups in total. The monoisotopic (exact) mass is 345 g/mol. The van der Waals surface area contributed by atoms with E-state index in [0.29, 0.717) is 23.7 Å². The van der Waals surface area contributed by atoms with Crippen molar-refractivity contribution in [1.82, 2.24) is 4.90 Å². The fourth-order valence-electron chi connectivity index (χ4n) is 2.85. The first-order valence-electron chi connectivity index (χ1n) is 7.91. The molecule has 126 valence electrons. The summed E-state index contributed by atoms with van der Waals surface area (Å²) in [5, 5.41) is 0.474. The van der Waals surface area contributed by atoms with Crippen LogP contribution in [0.15, 0.2) is 48.5 Å². The molecule has 1 saturated heterocycles. The lowest BCUT2D eigenvalue weighted by Crippen LogP contribution is -2.48. The van der Waals surface area contributed by atoms with Crippen LogP contribution in [0.4, 0.5) is 0 Å². The topological polar surface area (TPSA) is 38.8 Å². The fourth-order valence-corrected chi connectivity index (χ4v) is 3.07. The molecule has 1 heterocycles. The zero-order chi connectivity index (χ0) is 17.1. The molecular formula is C19H20ClNO3. The van der Waals surface area contributed by atoms with Crippen molar-refractivity contribution in [3.63, 3.8) is 0 Å². The Morgan fingerprint density at radius 1 is 1.21 bits per heavy atom. The minimum atomic E-state index is -0.154. The number of halogens is 1. The lowest BCUT2D eigenvalue weighted by atomic mass is 10.0. The van der Waals surface area contributed by atoms with Crippen LogP contribution in [0.2, 0.25) is 5.02 Å². The number of carbonyl (C=O) groups is 1. The van der Waals surface area contributed by atoms with Crippen molar-refractivity contribution in [3.8, 4) is 5.75 Å². The molecule has 0 aromatic heterocycles. The molecule has 5 heteroatoms. The zero-order valence-corrected chi connectivity index (χ0v) is 14.5. The van der Waals surface area contributed by atoms with Crippen LogP contribution < -0.4 is 4.74 Å². The fraction of sp³-hybridized carbons (Fsp3) is 0.316. The largest absolute Gasteiger partial charge is 0.497 e. The third-order valence-corrected chi connectivity index (χ3v) is 4.62. The summed E-state index contributed by atoms with van der Waals surface area (Å²) < 4.78 is 11.1. The summed E-state index contributed by atoms with van der Waals surface area (Å²) >= 11 is 6.18. The van der Waals surface area contributed by atoms with E-state index < -0.39 is 0 Å². The molecule has 3 rings (SSSR count). The van der Waals surface area contributed by atoms with Crippen LogP contribution in [0.1, 0.15) is 28.9 Å². The quantitative estimate of drug-likeness (QED) is 0.845. The highest BCUT2D eigenvalue weighted by atomic mass is 35.5. The van der Waals surface area contributed by atoms with Crippen LogP contribution in [0.3, 0.4) is 0 Å². The molecule has 1 aliphatic rings. The van der Waals surface area contributed by atoms with Crippen molar-refractivity contribution >= 4 is 17.5 Å². The first-order chi connectivity index (χ1) is 11.6. The Labute approximate surface area is 146 Å². The Morgan fingerprint density at radius 2 is 1.92 bits per heavy atom. The molecule has 1 aliphatic heterocycles. The summed E-state index contributed by atoms with van der Waals surface area (Å²) in [6.45, 7) is 2.98. The number of hydrogen-bond acceptors (Lipinski definition) is 3. The van der Waals surface area contributed by atoms with Crippen molar-refractivity contribution < 1.29 is 14.3 Å². The van der Waals surface area contributed by atoms with E-state index in [2.05, 4.69) is 0 Å². The maximum absolute atomic E-state index is 12.9. The van der Waals surface area contributed by atoms with Gasteiger partial charge in [-0.15, -0.1) is 0 Å². The number of amides is 1. The Hall–Kier alpha value is -2.04. The van der Waals surface area contributed by atoms with Crippen molar-refractivity contribution in [2.75, 3.05) is 20.3 Å². The standard InChI is InChI=1S/C19H20ClNO3/c1-13-12-24-18(14-7-9-15(23-2)10-8-14)11-21(13)19(22)16-5-3-4-6-17(16)20/h3-10,13,18H,11-12H2,1-2H3. The molecular weight excluding hydrogens is 326 g/mol. The van der Waals surface area contributed by atoms with Gasteiger partial charge in [-0.05, 0) is 36.8 Å². The number of ether oxygens (including phenoxy) is 2. The van der Waals surface area contributed by atoms with Gasteiger partial charge in [-0.25, -0.2) is 0 Å². The zero-order valence-electron chi connectivity index (χ0n) is 13.7. The van der Waals surface area contributed by atoms with Crippen molar-refractivity contribution in [1.29, 1.82) is 0 Å². The first-order valence-corrected chi connectivity index (χ1v) is 8.29. The second kappa shape index (κ2) is 7.24. The van der Waals surface area contributed by atoms with Crippen molar-refractivity contribution in [3.05, 3.63) is 64.7 Å². The van der Waals surface area contributed by atoms with Gasteiger partial charge in [-0.2, -0.15) is 0 Å². The summed E-state index contributed by atoms with van der Waals surface area (Å²) in [6, 6.07) is 14.9. The minimum Gasteiger partial charge on any atom is -0.497 e. The molecule has 0 radical (unpaired) electrons. The van der Waals surface area contributed by atoms with E-state index in [1.807, 2.05) is 48.2 Å². The van der Waals surface area contributed by atoms with Crippen molar-refractivity contribution in [2.45, 2.75) is 19.1 Å². The van der Waals surface area contributed by atoms with E-state index in [-0.39, 0.29) is 18.1 Å². The van der Waals surface area contributed by atoms with Gasteiger partial charge in [0.25, 0.3) is 5.91 Å². The lowest BCUT2D eigenvalue weighted by molar-refractivity contribution is -0.0486. The molecule has 2 unspecified atom stereocenters. The molecule has 0 aliphatic carbocycles. The number of nitrogens with zero attached hydrogens (tertiary/aromatic N) is 1. The van der Waals surface area contributed by atoms with Gasteiger partial charge < -0.3 is 14.4 Å². The number of carbonyl (C=O) groups excluding carboxylic acids is 1. The van der Waals surface area contributed by atoms with Gasteiger partial charge in [-0.3, -0.25) is 4.79 Å². The molecule has 0 spiro atoms. The Balaban J connectivity index is 1.80. The van der Waals surface area contributed by atoms with E-state index in [9.17, 15) is 4.79 Å². The van der Waals surface area contributed by atoms with Crippen LogP contribution in [0.25, 0.3) is 0 Å². The van der Waals surface area contributed by atoms with Gasteiger partial charge in [0.2, 0.25) is 0 Å². The number of morpholine rings is 1. The second-order valence-corrected chi connectivity index (χ2v) is 6.29. The third-order valence-electron chi connectivity index (χ3n) is 4.29. The van der Waals surface area contributed by atoms with Crippen LogP contribution in [0, 0.1) is 0 Å². The van der Waals surface area contributed by atoms with E-state index in [0.717, 1.165) is 11.3 Å². The summed E-state index contributed by atoms with van der Waals surface area (Å²) in [4.78, 5) is 14.7. The Morgan fingerprint density at radius 3 is 2.58 bits per heavy atom. The molecule has 1 fully saturated rings. The molecule has 1 amide bonds. The Kier molecular flexibility index (Phi) is 5.07. The van der Waals surface area contributed by atoms with Crippen molar-refractivity contribution in [2.24, 2.45) is 0 Å². The van der Waals surface area contributed by atoms with E-state index >= 15 is 0 Å². The van der Waals surface area contributed by atoms with Gasteiger partial charge in [0.1, 0.15) is 11.9 Å². The smallest absolute Gasteiger partial charge is 0.255 e. The van der Waals surface area contributed by atoms with Crippen LogP contribution in [0.5, 0.6) is 5.75 Å². The van der Waals surface area contributed by atoms with Crippen LogP contribution in [-0.2, 0) is 4.74 Å².